The van der Waals surface area contributed by atoms with Crippen molar-refractivity contribution in [3.05, 3.63) is 41.1 Å². The van der Waals surface area contributed by atoms with Gasteiger partial charge in [0.15, 0.2) is 23.3 Å². The Bertz CT molecular complexity index is 344. The quantitative estimate of drug-likeness (QED) is 0.416. The van der Waals surface area contributed by atoms with Gasteiger partial charge in [0.25, 0.3) is 0 Å². The second-order valence-electron chi connectivity index (χ2n) is 2.98. The minimum atomic E-state index is -2.13. The molecule has 0 unspecified atom stereocenters. The van der Waals surface area contributed by atoms with Crippen molar-refractivity contribution in [2.75, 3.05) is 0 Å². The Hall–Kier alpha value is -1.13. The van der Waals surface area contributed by atoms with Crippen LogP contribution in [0.4, 0.5) is 22.0 Å². The van der Waals surface area contributed by atoms with Crippen LogP contribution >= 0.6 is 0 Å². The molecule has 0 aliphatic rings. The smallest absolute Gasteiger partial charge is 0.200 e. The first-order chi connectivity index (χ1) is 7.00. The Morgan fingerprint density at radius 2 is 1.20 bits per heavy atom. The van der Waals surface area contributed by atoms with Crippen LogP contribution in [0, 0.1) is 35.5 Å². The standard InChI is InChI=1S/C10H8F5/c1-2-3-4-5-6(11)8(13)10(15)9(14)7(5)12/h4H,2-3H2,1H3. The SMILES string of the molecule is CCC[CH]c1c(F)c(F)c(F)c(F)c1F. The fourth-order valence-corrected chi connectivity index (χ4v) is 1.09. The number of rotatable bonds is 3. The zero-order valence-electron chi connectivity index (χ0n) is 7.88. The van der Waals surface area contributed by atoms with Crippen LogP contribution in [-0.4, -0.2) is 0 Å². The molecule has 15 heavy (non-hydrogen) atoms. The lowest BCUT2D eigenvalue weighted by Gasteiger charge is -2.06. The van der Waals surface area contributed by atoms with Crippen LogP contribution in [-0.2, 0) is 0 Å². The first-order valence-corrected chi connectivity index (χ1v) is 4.35. The molecule has 1 aromatic carbocycles. The molecule has 5 heteroatoms. The van der Waals surface area contributed by atoms with E-state index in [1.807, 2.05) is 0 Å². The molecule has 0 bridgehead atoms. The topological polar surface area (TPSA) is 0 Å². The summed E-state index contributed by atoms with van der Waals surface area (Å²) in [6.45, 7) is 1.72. The Morgan fingerprint density at radius 3 is 1.60 bits per heavy atom. The van der Waals surface area contributed by atoms with Gasteiger partial charge in [-0.1, -0.05) is 13.3 Å². The van der Waals surface area contributed by atoms with Crippen LogP contribution in [0.1, 0.15) is 25.3 Å². The molecule has 0 atom stereocenters. The summed E-state index contributed by atoms with van der Waals surface area (Å²) < 4.78 is 63.8. The summed E-state index contributed by atoms with van der Waals surface area (Å²) in [5, 5.41) is 0. The fraction of sp³-hybridized carbons (Fsp3) is 0.300. The molecule has 0 aromatic heterocycles. The van der Waals surface area contributed by atoms with E-state index in [0.29, 0.717) is 6.42 Å². The van der Waals surface area contributed by atoms with Crippen molar-refractivity contribution in [3.63, 3.8) is 0 Å². The molecule has 0 N–H and O–H groups in total. The molecule has 0 spiro atoms. The van der Waals surface area contributed by atoms with Gasteiger partial charge in [-0.2, -0.15) is 0 Å². The highest BCUT2D eigenvalue weighted by atomic mass is 19.2. The van der Waals surface area contributed by atoms with E-state index in [2.05, 4.69) is 0 Å². The molecule has 83 valence electrons. The molecule has 0 saturated carbocycles. The Labute approximate surface area is 83.7 Å². The normalized spacial score (nSPS) is 10.8. The van der Waals surface area contributed by atoms with Gasteiger partial charge >= 0.3 is 0 Å². The van der Waals surface area contributed by atoms with E-state index in [4.69, 9.17) is 0 Å². The molecule has 0 aliphatic carbocycles. The zero-order chi connectivity index (χ0) is 11.6. The average molecular weight is 223 g/mol. The molecule has 0 heterocycles. The Morgan fingerprint density at radius 1 is 0.800 bits per heavy atom. The van der Waals surface area contributed by atoms with Crippen molar-refractivity contribution in [2.24, 2.45) is 0 Å². The van der Waals surface area contributed by atoms with Crippen molar-refractivity contribution >= 4 is 0 Å². The van der Waals surface area contributed by atoms with Crippen molar-refractivity contribution in [1.29, 1.82) is 0 Å². The van der Waals surface area contributed by atoms with Crippen LogP contribution < -0.4 is 0 Å². The van der Waals surface area contributed by atoms with Gasteiger partial charge in [-0.15, -0.1) is 0 Å². The number of hydrogen-bond acceptors (Lipinski definition) is 0. The van der Waals surface area contributed by atoms with Gasteiger partial charge in [0.2, 0.25) is 5.82 Å². The summed E-state index contributed by atoms with van der Waals surface area (Å²) >= 11 is 0. The average Bonchev–Trinajstić information content (AvgIpc) is 2.24. The van der Waals surface area contributed by atoms with Crippen molar-refractivity contribution in [3.8, 4) is 0 Å². The maximum atomic E-state index is 13.0. The summed E-state index contributed by atoms with van der Waals surface area (Å²) in [6.07, 6.45) is 1.80. The fourth-order valence-electron chi connectivity index (χ4n) is 1.09. The van der Waals surface area contributed by atoms with Gasteiger partial charge in [0, 0.05) is 5.56 Å². The lowest BCUT2D eigenvalue weighted by atomic mass is 10.1. The predicted molar refractivity (Wildman–Crippen MR) is 44.5 cm³/mol. The third kappa shape index (κ3) is 2.11. The van der Waals surface area contributed by atoms with Gasteiger partial charge in [-0.05, 0) is 12.8 Å². The largest absolute Gasteiger partial charge is 0.203 e. The van der Waals surface area contributed by atoms with E-state index in [9.17, 15) is 22.0 Å². The molecular weight excluding hydrogens is 215 g/mol. The minimum Gasteiger partial charge on any atom is -0.203 e. The lowest BCUT2D eigenvalue weighted by Crippen LogP contribution is -2.06. The van der Waals surface area contributed by atoms with Crippen molar-refractivity contribution in [1.82, 2.24) is 0 Å². The van der Waals surface area contributed by atoms with E-state index in [-0.39, 0.29) is 6.42 Å². The number of unbranched alkanes of at least 4 members (excludes halogenated alkanes) is 1. The number of benzene rings is 1. The highest BCUT2D eigenvalue weighted by Gasteiger charge is 2.24. The maximum Gasteiger partial charge on any atom is 0.200 e. The van der Waals surface area contributed by atoms with Gasteiger partial charge in [-0.3, -0.25) is 0 Å². The molecular formula is C10H8F5. The number of hydrogen-bond donors (Lipinski definition) is 0. The molecule has 0 nitrogen and oxygen atoms in total. The van der Waals surface area contributed by atoms with Gasteiger partial charge < -0.3 is 0 Å². The van der Waals surface area contributed by atoms with Crippen LogP contribution in [0.2, 0.25) is 0 Å². The Balaban J connectivity index is 3.26. The minimum absolute atomic E-state index is 0.248. The highest BCUT2D eigenvalue weighted by molar-refractivity contribution is 5.29. The summed E-state index contributed by atoms with van der Waals surface area (Å²) in [5.41, 5.74) is -0.853. The van der Waals surface area contributed by atoms with Crippen molar-refractivity contribution in [2.45, 2.75) is 19.8 Å². The van der Waals surface area contributed by atoms with E-state index in [1.54, 1.807) is 6.92 Å². The van der Waals surface area contributed by atoms with Crippen molar-refractivity contribution < 1.29 is 22.0 Å². The van der Waals surface area contributed by atoms with E-state index in [0.717, 1.165) is 6.42 Å². The van der Waals surface area contributed by atoms with E-state index < -0.39 is 34.6 Å². The molecule has 1 aromatic rings. The van der Waals surface area contributed by atoms with Gasteiger partial charge in [-0.25, -0.2) is 22.0 Å². The van der Waals surface area contributed by atoms with Crippen LogP contribution in [0.3, 0.4) is 0 Å². The molecule has 0 aliphatic heterocycles. The zero-order valence-corrected chi connectivity index (χ0v) is 7.88. The maximum absolute atomic E-state index is 13.0. The Kier molecular flexibility index (Phi) is 3.66. The van der Waals surface area contributed by atoms with E-state index >= 15 is 0 Å². The number of halogens is 5. The van der Waals surface area contributed by atoms with Gasteiger partial charge in [0.1, 0.15) is 0 Å². The third-order valence-electron chi connectivity index (χ3n) is 1.88. The summed E-state index contributed by atoms with van der Waals surface area (Å²) in [7, 11) is 0. The molecule has 0 fully saturated rings. The second kappa shape index (κ2) is 4.59. The highest BCUT2D eigenvalue weighted by Crippen LogP contribution is 2.25. The molecule has 1 rings (SSSR count). The molecule has 0 amide bonds. The first kappa shape index (κ1) is 11.9. The van der Waals surface area contributed by atoms with Gasteiger partial charge in [0.05, 0.1) is 0 Å². The predicted octanol–water partition coefficient (Wildman–Crippen LogP) is 3.73. The van der Waals surface area contributed by atoms with Crippen LogP contribution in [0.25, 0.3) is 0 Å². The summed E-state index contributed by atoms with van der Waals surface area (Å²) in [5.74, 6) is -9.49. The van der Waals surface area contributed by atoms with E-state index in [1.165, 1.54) is 0 Å². The third-order valence-corrected chi connectivity index (χ3v) is 1.88. The first-order valence-electron chi connectivity index (χ1n) is 4.35. The molecule has 1 radical (unpaired) electrons. The lowest BCUT2D eigenvalue weighted by molar-refractivity contribution is 0.374. The second-order valence-corrected chi connectivity index (χ2v) is 2.98. The summed E-state index contributed by atoms with van der Waals surface area (Å²) in [4.78, 5) is 0. The summed E-state index contributed by atoms with van der Waals surface area (Å²) in [6, 6.07) is 0. The van der Waals surface area contributed by atoms with Crippen LogP contribution in [0.5, 0.6) is 0 Å². The molecule has 0 saturated heterocycles. The van der Waals surface area contributed by atoms with Crippen LogP contribution in [0.15, 0.2) is 0 Å². The monoisotopic (exact) mass is 223 g/mol.